The molecule has 0 radical (unpaired) electrons. The van der Waals surface area contributed by atoms with Gasteiger partial charge in [-0.2, -0.15) is 0 Å². The Labute approximate surface area is 77.8 Å². The third-order valence-corrected chi connectivity index (χ3v) is 2.46. The van der Waals surface area contributed by atoms with Gasteiger partial charge in [-0.1, -0.05) is 0 Å². The molecule has 0 saturated carbocycles. The van der Waals surface area contributed by atoms with Crippen molar-refractivity contribution in [2.75, 3.05) is 18.4 Å². The first-order valence-electron chi connectivity index (χ1n) is 4.53. The molecule has 0 aromatic carbocycles. The van der Waals surface area contributed by atoms with Crippen LogP contribution in [0, 0.1) is 13.8 Å². The molecule has 0 amide bonds. The normalized spacial score (nSPS) is 16.8. The van der Waals surface area contributed by atoms with Crippen LogP contribution in [0.3, 0.4) is 0 Å². The van der Waals surface area contributed by atoms with Gasteiger partial charge < -0.3 is 10.6 Å². The summed E-state index contributed by atoms with van der Waals surface area (Å²) in [6.45, 7) is 6.11. The molecule has 1 aliphatic heterocycles. The van der Waals surface area contributed by atoms with Crippen LogP contribution in [-0.4, -0.2) is 29.1 Å². The molecule has 1 aromatic heterocycles. The van der Waals surface area contributed by atoms with Gasteiger partial charge in [-0.05, 0) is 13.8 Å². The van der Waals surface area contributed by atoms with E-state index in [1.165, 1.54) is 0 Å². The Hall–Kier alpha value is -1.16. The van der Waals surface area contributed by atoms with E-state index < -0.39 is 0 Å². The van der Waals surface area contributed by atoms with Crippen LogP contribution >= 0.6 is 0 Å². The Balaban J connectivity index is 2.14. The minimum Gasteiger partial charge on any atom is -0.364 e. The Morgan fingerprint density at radius 3 is 2.77 bits per heavy atom. The molecule has 4 nitrogen and oxygen atoms in total. The summed E-state index contributed by atoms with van der Waals surface area (Å²) in [6.07, 6.45) is 1.61. The molecule has 0 atom stereocenters. The zero-order chi connectivity index (χ0) is 9.26. The predicted octanol–water partition coefficient (Wildman–Crippen LogP) is 0.477. The largest absolute Gasteiger partial charge is 0.364 e. The number of aryl methyl sites for hydroxylation is 1. The first-order valence-corrected chi connectivity index (χ1v) is 4.53. The van der Waals surface area contributed by atoms with Crippen molar-refractivity contribution in [3.8, 4) is 0 Å². The summed E-state index contributed by atoms with van der Waals surface area (Å²) in [7, 11) is 0. The molecule has 2 rings (SSSR count). The topological polar surface area (TPSA) is 49.8 Å². The van der Waals surface area contributed by atoms with Crippen molar-refractivity contribution >= 4 is 5.82 Å². The standard InChI is InChI=1S/C9H14N4/c1-6-7(2)11-5-12-9(6)13-8-3-10-4-8/h5,8,10H,3-4H2,1-2H3,(H,11,12,13). The van der Waals surface area contributed by atoms with E-state index >= 15 is 0 Å². The zero-order valence-electron chi connectivity index (χ0n) is 7.96. The molecule has 0 aliphatic carbocycles. The van der Waals surface area contributed by atoms with Crippen molar-refractivity contribution < 1.29 is 0 Å². The Bertz CT molecular complexity index is 306. The van der Waals surface area contributed by atoms with E-state index in [0.29, 0.717) is 6.04 Å². The highest BCUT2D eigenvalue weighted by atomic mass is 15.1. The van der Waals surface area contributed by atoms with Crippen LogP contribution < -0.4 is 10.6 Å². The van der Waals surface area contributed by atoms with E-state index in [1.807, 2.05) is 13.8 Å². The van der Waals surface area contributed by atoms with Crippen molar-refractivity contribution in [2.45, 2.75) is 19.9 Å². The Morgan fingerprint density at radius 1 is 1.38 bits per heavy atom. The number of anilines is 1. The number of hydrogen-bond donors (Lipinski definition) is 2. The van der Waals surface area contributed by atoms with Gasteiger partial charge >= 0.3 is 0 Å². The SMILES string of the molecule is Cc1ncnc(NC2CNC2)c1C. The molecule has 1 saturated heterocycles. The first-order chi connectivity index (χ1) is 6.27. The van der Waals surface area contributed by atoms with E-state index in [9.17, 15) is 0 Å². The highest BCUT2D eigenvalue weighted by Crippen LogP contribution is 2.14. The van der Waals surface area contributed by atoms with Gasteiger partial charge in [0.2, 0.25) is 0 Å². The van der Waals surface area contributed by atoms with Crippen LogP contribution in [0.4, 0.5) is 5.82 Å². The van der Waals surface area contributed by atoms with E-state index in [0.717, 1.165) is 30.2 Å². The van der Waals surface area contributed by atoms with Crippen LogP contribution in [0.25, 0.3) is 0 Å². The lowest BCUT2D eigenvalue weighted by Crippen LogP contribution is -2.51. The van der Waals surface area contributed by atoms with Crippen LogP contribution in [0.5, 0.6) is 0 Å². The molecular weight excluding hydrogens is 164 g/mol. The van der Waals surface area contributed by atoms with Gasteiger partial charge in [-0.15, -0.1) is 0 Å². The van der Waals surface area contributed by atoms with Gasteiger partial charge in [0.25, 0.3) is 0 Å². The summed E-state index contributed by atoms with van der Waals surface area (Å²) in [5.74, 6) is 0.971. The van der Waals surface area contributed by atoms with Gasteiger partial charge in [0.1, 0.15) is 12.1 Å². The van der Waals surface area contributed by atoms with Crippen molar-refractivity contribution in [3.05, 3.63) is 17.6 Å². The second-order valence-electron chi connectivity index (χ2n) is 3.43. The molecule has 2 heterocycles. The number of aromatic nitrogens is 2. The van der Waals surface area contributed by atoms with E-state index in [2.05, 4.69) is 20.6 Å². The molecule has 1 aliphatic rings. The molecule has 0 spiro atoms. The predicted molar refractivity (Wildman–Crippen MR) is 51.8 cm³/mol. The maximum Gasteiger partial charge on any atom is 0.132 e. The van der Waals surface area contributed by atoms with Crippen LogP contribution in [0.1, 0.15) is 11.3 Å². The van der Waals surface area contributed by atoms with Crippen molar-refractivity contribution in [1.82, 2.24) is 15.3 Å². The smallest absolute Gasteiger partial charge is 0.132 e. The summed E-state index contributed by atoms with van der Waals surface area (Å²) in [6, 6.07) is 0.535. The monoisotopic (exact) mass is 178 g/mol. The summed E-state index contributed by atoms with van der Waals surface area (Å²) in [5, 5.41) is 6.58. The maximum atomic E-state index is 4.21. The van der Waals surface area contributed by atoms with Crippen LogP contribution in [0.15, 0.2) is 6.33 Å². The van der Waals surface area contributed by atoms with Crippen molar-refractivity contribution in [2.24, 2.45) is 0 Å². The van der Waals surface area contributed by atoms with Gasteiger partial charge in [-0.3, -0.25) is 0 Å². The summed E-state index contributed by atoms with van der Waals surface area (Å²) in [5.41, 5.74) is 2.19. The number of nitrogens with zero attached hydrogens (tertiary/aromatic N) is 2. The molecule has 70 valence electrons. The third kappa shape index (κ3) is 1.62. The van der Waals surface area contributed by atoms with E-state index in [1.54, 1.807) is 6.33 Å². The lowest BCUT2D eigenvalue weighted by atomic mass is 10.1. The zero-order valence-corrected chi connectivity index (χ0v) is 7.96. The lowest BCUT2D eigenvalue weighted by Gasteiger charge is -2.29. The number of rotatable bonds is 2. The first kappa shape index (κ1) is 8.44. The Kier molecular flexibility index (Phi) is 2.14. The van der Waals surface area contributed by atoms with Crippen molar-refractivity contribution in [1.29, 1.82) is 0 Å². The van der Waals surface area contributed by atoms with Crippen LogP contribution in [-0.2, 0) is 0 Å². The minimum atomic E-state index is 0.535. The number of nitrogens with one attached hydrogen (secondary N) is 2. The van der Waals surface area contributed by atoms with Gasteiger partial charge in [-0.25, -0.2) is 9.97 Å². The average Bonchev–Trinajstić information content (AvgIpc) is 2.04. The molecule has 0 bridgehead atoms. The lowest BCUT2D eigenvalue weighted by molar-refractivity contribution is 0.470. The summed E-state index contributed by atoms with van der Waals surface area (Å²) in [4.78, 5) is 8.33. The quantitative estimate of drug-likeness (QED) is 0.691. The molecule has 1 fully saturated rings. The minimum absolute atomic E-state index is 0.535. The van der Waals surface area contributed by atoms with E-state index in [4.69, 9.17) is 0 Å². The highest BCUT2D eigenvalue weighted by Gasteiger charge is 2.17. The average molecular weight is 178 g/mol. The van der Waals surface area contributed by atoms with Gasteiger partial charge in [0.05, 0.1) is 6.04 Å². The number of hydrogen-bond acceptors (Lipinski definition) is 4. The Morgan fingerprint density at radius 2 is 2.15 bits per heavy atom. The molecule has 4 heteroatoms. The second kappa shape index (κ2) is 3.30. The van der Waals surface area contributed by atoms with E-state index in [-0.39, 0.29) is 0 Å². The van der Waals surface area contributed by atoms with Crippen LogP contribution in [0.2, 0.25) is 0 Å². The summed E-state index contributed by atoms with van der Waals surface area (Å²) >= 11 is 0. The van der Waals surface area contributed by atoms with Gasteiger partial charge in [0, 0.05) is 24.3 Å². The third-order valence-electron chi connectivity index (χ3n) is 2.46. The fraction of sp³-hybridized carbons (Fsp3) is 0.556. The highest BCUT2D eigenvalue weighted by molar-refractivity contribution is 5.45. The molecule has 0 unspecified atom stereocenters. The van der Waals surface area contributed by atoms with Gasteiger partial charge in [0.15, 0.2) is 0 Å². The summed E-state index contributed by atoms with van der Waals surface area (Å²) < 4.78 is 0. The molecule has 1 aromatic rings. The fourth-order valence-electron chi connectivity index (χ4n) is 1.27. The second-order valence-corrected chi connectivity index (χ2v) is 3.43. The fourth-order valence-corrected chi connectivity index (χ4v) is 1.27. The molecule has 13 heavy (non-hydrogen) atoms. The van der Waals surface area contributed by atoms with Crippen molar-refractivity contribution in [3.63, 3.8) is 0 Å². The molecule has 2 N–H and O–H groups in total. The molecular formula is C9H14N4. The maximum absolute atomic E-state index is 4.21.